The molecule has 1 rings (SSSR count). The van der Waals surface area contributed by atoms with Gasteiger partial charge in [-0.2, -0.15) is 0 Å². The van der Waals surface area contributed by atoms with Gasteiger partial charge in [0, 0.05) is 0 Å². The lowest BCUT2D eigenvalue weighted by Crippen LogP contribution is -2.10. The van der Waals surface area contributed by atoms with Crippen molar-refractivity contribution in [2.24, 2.45) is 11.3 Å². The Morgan fingerprint density at radius 2 is 2.10 bits per heavy atom. The maximum atomic E-state index is 10.4. The van der Waals surface area contributed by atoms with Crippen LogP contribution in [-0.4, -0.2) is 11.1 Å². The van der Waals surface area contributed by atoms with Crippen LogP contribution in [0.2, 0.25) is 0 Å². The summed E-state index contributed by atoms with van der Waals surface area (Å²) in [5.41, 5.74) is 1.10. The van der Waals surface area contributed by atoms with Crippen LogP contribution in [0.5, 0.6) is 0 Å². The van der Waals surface area contributed by atoms with E-state index in [-0.39, 0.29) is 11.3 Å². The number of hydrogen-bond acceptors (Lipinski definition) is 1. The van der Waals surface area contributed by atoms with E-state index in [0.29, 0.717) is 0 Å². The Kier molecular flexibility index (Phi) is 1.35. The summed E-state index contributed by atoms with van der Waals surface area (Å²) in [5, 5.41) is 8.53. The van der Waals surface area contributed by atoms with E-state index in [0.717, 1.165) is 5.57 Å². The van der Waals surface area contributed by atoms with Crippen LogP contribution in [0.1, 0.15) is 20.8 Å². The molecule has 2 nitrogen and oxygen atoms in total. The molecule has 0 aromatic heterocycles. The minimum Gasteiger partial charge on any atom is -0.481 e. The van der Waals surface area contributed by atoms with Gasteiger partial charge >= 0.3 is 5.97 Å². The Morgan fingerprint density at radius 1 is 1.60 bits per heavy atom. The molecule has 1 aliphatic rings. The van der Waals surface area contributed by atoms with Gasteiger partial charge in [-0.05, 0) is 11.0 Å². The third kappa shape index (κ3) is 1.20. The molecule has 0 amide bonds. The standard InChI is InChI=1S/C8H12O2/c1-8(2,3)6-4-5(6)7(9)10/h4-5H,1-3H3,(H,9,10). The summed E-state index contributed by atoms with van der Waals surface area (Å²) < 4.78 is 0. The number of hydrogen-bond donors (Lipinski definition) is 1. The molecule has 56 valence electrons. The minimum absolute atomic E-state index is 0.0447. The molecule has 0 bridgehead atoms. The van der Waals surface area contributed by atoms with Crippen molar-refractivity contribution in [2.75, 3.05) is 0 Å². The maximum Gasteiger partial charge on any atom is 0.314 e. The fraction of sp³-hybridized carbons (Fsp3) is 0.625. The van der Waals surface area contributed by atoms with Crippen molar-refractivity contribution in [3.8, 4) is 0 Å². The van der Waals surface area contributed by atoms with Crippen molar-refractivity contribution in [3.05, 3.63) is 11.6 Å². The fourth-order valence-corrected chi connectivity index (χ4v) is 1.05. The molecule has 0 fully saturated rings. The van der Waals surface area contributed by atoms with Gasteiger partial charge in [0.1, 0.15) is 0 Å². The van der Waals surface area contributed by atoms with Crippen LogP contribution in [0.15, 0.2) is 11.6 Å². The molecule has 0 aromatic carbocycles. The third-order valence-corrected chi connectivity index (χ3v) is 1.70. The van der Waals surface area contributed by atoms with E-state index in [2.05, 4.69) is 0 Å². The summed E-state index contributed by atoms with van der Waals surface area (Å²) in [5.74, 6) is -0.982. The lowest BCUT2D eigenvalue weighted by atomic mass is 9.91. The maximum absolute atomic E-state index is 10.4. The molecule has 0 saturated carbocycles. The van der Waals surface area contributed by atoms with Gasteiger partial charge in [-0.15, -0.1) is 0 Å². The zero-order valence-corrected chi connectivity index (χ0v) is 6.51. The molecule has 10 heavy (non-hydrogen) atoms. The SMILES string of the molecule is CC(C)(C)C1=CC1C(=O)O. The van der Waals surface area contributed by atoms with Gasteiger partial charge < -0.3 is 5.11 Å². The smallest absolute Gasteiger partial charge is 0.314 e. The topological polar surface area (TPSA) is 37.3 Å². The zero-order valence-electron chi connectivity index (χ0n) is 6.51. The van der Waals surface area contributed by atoms with Crippen molar-refractivity contribution in [1.29, 1.82) is 0 Å². The van der Waals surface area contributed by atoms with Gasteiger partial charge in [0.15, 0.2) is 0 Å². The highest BCUT2D eigenvalue weighted by Crippen LogP contribution is 2.43. The Morgan fingerprint density at radius 3 is 2.20 bits per heavy atom. The van der Waals surface area contributed by atoms with Crippen LogP contribution in [0.3, 0.4) is 0 Å². The largest absolute Gasteiger partial charge is 0.481 e. The molecule has 1 N–H and O–H groups in total. The number of carboxylic acids is 1. The molecule has 0 saturated heterocycles. The van der Waals surface area contributed by atoms with E-state index in [1.807, 2.05) is 26.8 Å². The number of carbonyl (C=O) groups is 1. The Balaban J connectivity index is 2.53. The highest BCUT2D eigenvalue weighted by Gasteiger charge is 2.38. The first-order chi connectivity index (χ1) is 4.43. The Hall–Kier alpha value is -0.790. The van der Waals surface area contributed by atoms with Gasteiger partial charge in [-0.1, -0.05) is 26.8 Å². The highest BCUT2D eigenvalue weighted by molar-refractivity contribution is 5.82. The van der Waals surface area contributed by atoms with E-state index in [9.17, 15) is 4.79 Å². The van der Waals surface area contributed by atoms with E-state index in [4.69, 9.17) is 5.11 Å². The average molecular weight is 140 g/mol. The second-order valence-electron chi connectivity index (χ2n) is 3.69. The van der Waals surface area contributed by atoms with Crippen LogP contribution in [0.25, 0.3) is 0 Å². The van der Waals surface area contributed by atoms with E-state index in [1.54, 1.807) is 0 Å². The molecule has 0 heterocycles. The normalized spacial score (nSPS) is 23.9. The fourth-order valence-electron chi connectivity index (χ4n) is 1.05. The van der Waals surface area contributed by atoms with Gasteiger partial charge in [0.05, 0.1) is 5.92 Å². The number of rotatable bonds is 1. The van der Waals surface area contributed by atoms with Gasteiger partial charge in [0.2, 0.25) is 0 Å². The lowest BCUT2D eigenvalue weighted by Gasteiger charge is -2.14. The molecule has 0 radical (unpaired) electrons. The van der Waals surface area contributed by atoms with Crippen LogP contribution < -0.4 is 0 Å². The second kappa shape index (κ2) is 1.84. The first-order valence-electron chi connectivity index (χ1n) is 3.38. The lowest BCUT2D eigenvalue weighted by molar-refractivity contribution is -0.138. The van der Waals surface area contributed by atoms with Crippen molar-refractivity contribution in [2.45, 2.75) is 20.8 Å². The first kappa shape index (κ1) is 7.32. The molecule has 0 spiro atoms. The van der Waals surface area contributed by atoms with Crippen LogP contribution >= 0.6 is 0 Å². The average Bonchev–Trinajstić information content (AvgIpc) is 2.35. The van der Waals surface area contributed by atoms with Crippen molar-refractivity contribution in [3.63, 3.8) is 0 Å². The Labute approximate surface area is 60.6 Å². The zero-order chi connectivity index (χ0) is 7.94. The van der Waals surface area contributed by atoms with Crippen LogP contribution in [0.4, 0.5) is 0 Å². The van der Waals surface area contributed by atoms with Gasteiger partial charge in [-0.25, -0.2) is 0 Å². The monoisotopic (exact) mass is 140 g/mol. The molecular formula is C8H12O2. The summed E-state index contributed by atoms with van der Waals surface area (Å²) >= 11 is 0. The van der Waals surface area contributed by atoms with E-state index >= 15 is 0 Å². The van der Waals surface area contributed by atoms with Gasteiger partial charge in [-0.3, -0.25) is 4.79 Å². The predicted molar refractivity (Wildman–Crippen MR) is 38.7 cm³/mol. The number of carboxylic acid groups (broad SMARTS) is 1. The van der Waals surface area contributed by atoms with E-state index in [1.165, 1.54) is 0 Å². The van der Waals surface area contributed by atoms with Crippen molar-refractivity contribution >= 4 is 5.97 Å². The number of aliphatic carboxylic acids is 1. The second-order valence-corrected chi connectivity index (χ2v) is 3.69. The molecular weight excluding hydrogens is 128 g/mol. The third-order valence-electron chi connectivity index (χ3n) is 1.70. The van der Waals surface area contributed by atoms with Crippen LogP contribution in [-0.2, 0) is 4.79 Å². The van der Waals surface area contributed by atoms with Crippen molar-refractivity contribution in [1.82, 2.24) is 0 Å². The minimum atomic E-state index is -0.718. The quantitative estimate of drug-likeness (QED) is 0.562. The molecule has 0 aromatic rings. The van der Waals surface area contributed by atoms with Crippen molar-refractivity contribution < 1.29 is 9.90 Å². The predicted octanol–water partition coefficient (Wildman–Crippen LogP) is 1.67. The Bertz CT molecular complexity index is 196. The molecule has 1 unspecified atom stereocenters. The molecule has 1 aliphatic carbocycles. The summed E-state index contributed by atoms with van der Waals surface area (Å²) in [7, 11) is 0. The molecule has 0 aliphatic heterocycles. The van der Waals surface area contributed by atoms with Gasteiger partial charge in [0.25, 0.3) is 0 Å². The summed E-state index contributed by atoms with van der Waals surface area (Å²) in [6, 6.07) is 0. The highest BCUT2D eigenvalue weighted by atomic mass is 16.4. The first-order valence-corrected chi connectivity index (χ1v) is 3.38. The summed E-state index contributed by atoms with van der Waals surface area (Å²) in [4.78, 5) is 10.4. The van der Waals surface area contributed by atoms with Crippen LogP contribution in [0, 0.1) is 11.3 Å². The van der Waals surface area contributed by atoms with E-state index < -0.39 is 5.97 Å². The molecule has 2 heteroatoms. The summed E-state index contributed by atoms with van der Waals surface area (Å²) in [6.45, 7) is 6.09. The summed E-state index contributed by atoms with van der Waals surface area (Å²) in [6.07, 6.45) is 1.81. The molecule has 1 atom stereocenters.